The molecule has 1 aromatic rings. The van der Waals surface area contributed by atoms with Crippen LogP contribution in [0.5, 0.6) is 5.75 Å². The standard InChI is InChI=1S/C18H29ClO5S/c1-14(21-13-15(2)24-25(20)23-11-10-19)12-22-17-8-6-16(7-9-17)18(3,4)5/h6-9,14-15H,10-13H2,1-5H3. The summed E-state index contributed by atoms with van der Waals surface area (Å²) in [4.78, 5) is 0. The molecule has 25 heavy (non-hydrogen) atoms. The predicted molar refractivity (Wildman–Crippen MR) is 101 cm³/mol. The zero-order valence-corrected chi connectivity index (χ0v) is 17.2. The Morgan fingerprint density at radius 2 is 1.72 bits per heavy atom. The van der Waals surface area contributed by atoms with Gasteiger partial charge in [-0.1, -0.05) is 32.9 Å². The van der Waals surface area contributed by atoms with Crippen molar-refractivity contribution < 1.29 is 22.0 Å². The molecule has 0 saturated heterocycles. The fraction of sp³-hybridized carbons (Fsp3) is 0.667. The number of halogens is 1. The van der Waals surface area contributed by atoms with Crippen molar-refractivity contribution in [3.05, 3.63) is 29.8 Å². The van der Waals surface area contributed by atoms with Gasteiger partial charge in [0.05, 0.1) is 25.4 Å². The third-order valence-electron chi connectivity index (χ3n) is 3.32. The van der Waals surface area contributed by atoms with Gasteiger partial charge in [-0.05, 0) is 37.0 Å². The third kappa shape index (κ3) is 9.56. The number of hydrogen-bond acceptors (Lipinski definition) is 5. The number of benzene rings is 1. The summed E-state index contributed by atoms with van der Waals surface area (Å²) in [5.74, 6) is 1.08. The quantitative estimate of drug-likeness (QED) is 0.532. The van der Waals surface area contributed by atoms with E-state index in [1.807, 2.05) is 19.1 Å². The average Bonchev–Trinajstić information content (AvgIpc) is 2.55. The van der Waals surface area contributed by atoms with Crippen molar-refractivity contribution >= 4 is 23.0 Å². The summed E-state index contributed by atoms with van der Waals surface area (Å²) in [6, 6.07) is 8.09. The van der Waals surface area contributed by atoms with Crippen LogP contribution in [0.1, 0.15) is 40.2 Å². The first-order valence-corrected chi connectivity index (χ1v) is 9.89. The molecular weight excluding hydrogens is 364 g/mol. The van der Waals surface area contributed by atoms with Crippen molar-refractivity contribution in [3.8, 4) is 5.75 Å². The van der Waals surface area contributed by atoms with Crippen molar-refractivity contribution in [2.75, 3.05) is 25.7 Å². The van der Waals surface area contributed by atoms with Gasteiger partial charge in [0.15, 0.2) is 0 Å². The van der Waals surface area contributed by atoms with Crippen LogP contribution in [0.2, 0.25) is 0 Å². The van der Waals surface area contributed by atoms with Gasteiger partial charge in [0.1, 0.15) is 12.4 Å². The molecule has 3 atom stereocenters. The normalized spacial score (nSPS) is 15.6. The van der Waals surface area contributed by atoms with Crippen LogP contribution in [0.25, 0.3) is 0 Å². The van der Waals surface area contributed by atoms with E-state index in [1.54, 1.807) is 6.92 Å². The van der Waals surface area contributed by atoms with Gasteiger partial charge in [-0.15, -0.1) is 11.6 Å². The Bertz CT molecular complexity index is 515. The molecule has 0 amide bonds. The highest BCUT2D eigenvalue weighted by Crippen LogP contribution is 2.24. The molecule has 5 nitrogen and oxygen atoms in total. The molecule has 0 N–H and O–H groups in total. The molecule has 144 valence electrons. The third-order valence-corrected chi connectivity index (χ3v) is 4.32. The molecule has 0 aliphatic heterocycles. The minimum atomic E-state index is -1.80. The molecule has 3 unspecified atom stereocenters. The molecule has 0 bridgehead atoms. The van der Waals surface area contributed by atoms with Crippen molar-refractivity contribution in [1.29, 1.82) is 0 Å². The van der Waals surface area contributed by atoms with E-state index in [1.165, 1.54) is 5.56 Å². The smallest absolute Gasteiger partial charge is 0.304 e. The van der Waals surface area contributed by atoms with Gasteiger partial charge in [0, 0.05) is 5.88 Å². The Kier molecular flexibility index (Phi) is 9.97. The van der Waals surface area contributed by atoms with E-state index < -0.39 is 11.4 Å². The average molecular weight is 393 g/mol. The van der Waals surface area contributed by atoms with Crippen LogP contribution in [-0.4, -0.2) is 42.1 Å². The Morgan fingerprint density at radius 1 is 1.08 bits per heavy atom. The van der Waals surface area contributed by atoms with E-state index >= 15 is 0 Å². The largest absolute Gasteiger partial charge is 0.491 e. The molecule has 0 radical (unpaired) electrons. The lowest BCUT2D eigenvalue weighted by Gasteiger charge is -2.20. The first kappa shape index (κ1) is 22.4. The number of ether oxygens (including phenoxy) is 2. The van der Waals surface area contributed by atoms with Crippen LogP contribution in [0.4, 0.5) is 0 Å². The zero-order valence-electron chi connectivity index (χ0n) is 15.6. The van der Waals surface area contributed by atoms with Crippen LogP contribution in [-0.2, 0) is 29.9 Å². The zero-order chi connectivity index (χ0) is 18.9. The summed E-state index contributed by atoms with van der Waals surface area (Å²) in [5.41, 5.74) is 1.39. The summed E-state index contributed by atoms with van der Waals surface area (Å²) in [6.07, 6.45) is -0.477. The second-order valence-corrected chi connectivity index (χ2v) is 8.07. The molecule has 0 aromatic heterocycles. The maximum atomic E-state index is 11.4. The topological polar surface area (TPSA) is 54.0 Å². The maximum absolute atomic E-state index is 11.4. The number of hydrogen-bond donors (Lipinski definition) is 0. The summed E-state index contributed by atoms with van der Waals surface area (Å²) in [6.45, 7) is 11.1. The predicted octanol–water partition coefficient (Wildman–Crippen LogP) is 4.01. The lowest BCUT2D eigenvalue weighted by molar-refractivity contribution is -0.00574. The number of rotatable bonds is 11. The highest BCUT2D eigenvalue weighted by Gasteiger charge is 2.14. The van der Waals surface area contributed by atoms with Gasteiger partial charge < -0.3 is 9.47 Å². The molecule has 0 heterocycles. The van der Waals surface area contributed by atoms with Gasteiger partial charge in [0.2, 0.25) is 0 Å². The van der Waals surface area contributed by atoms with Crippen LogP contribution in [0.3, 0.4) is 0 Å². The Hall–Kier alpha value is -0.660. The second-order valence-electron chi connectivity index (χ2n) is 6.85. The lowest BCUT2D eigenvalue weighted by atomic mass is 9.87. The molecule has 0 saturated carbocycles. The summed E-state index contributed by atoms with van der Waals surface area (Å²) < 4.78 is 32.8. The molecule has 7 heteroatoms. The van der Waals surface area contributed by atoms with Gasteiger partial charge in [-0.3, -0.25) is 8.37 Å². The van der Waals surface area contributed by atoms with E-state index in [0.29, 0.717) is 13.2 Å². The fourth-order valence-electron chi connectivity index (χ4n) is 1.90. The first-order chi connectivity index (χ1) is 11.7. The Balaban J connectivity index is 2.28. The molecule has 0 fully saturated rings. The SMILES string of the molecule is CC(COc1ccc(C(C)(C)C)cc1)OCC(C)OS(=O)OCCCl. The van der Waals surface area contributed by atoms with Crippen molar-refractivity contribution in [2.24, 2.45) is 0 Å². The molecule has 0 aliphatic rings. The van der Waals surface area contributed by atoms with E-state index in [4.69, 9.17) is 29.4 Å². The van der Waals surface area contributed by atoms with Gasteiger partial charge in [-0.25, -0.2) is 0 Å². The summed E-state index contributed by atoms with van der Waals surface area (Å²) >= 11 is 3.64. The second kappa shape index (κ2) is 11.1. The van der Waals surface area contributed by atoms with E-state index in [9.17, 15) is 4.21 Å². The summed E-state index contributed by atoms with van der Waals surface area (Å²) in [7, 11) is 0. The van der Waals surface area contributed by atoms with Crippen LogP contribution < -0.4 is 4.74 Å². The molecule has 0 spiro atoms. The van der Waals surface area contributed by atoms with Crippen molar-refractivity contribution in [1.82, 2.24) is 0 Å². The minimum absolute atomic E-state index is 0.120. The highest BCUT2D eigenvalue weighted by atomic mass is 35.5. The van der Waals surface area contributed by atoms with Gasteiger partial charge in [0.25, 0.3) is 0 Å². The Labute approximate surface area is 158 Å². The molecule has 1 aromatic carbocycles. The Morgan fingerprint density at radius 3 is 2.28 bits per heavy atom. The fourth-order valence-corrected chi connectivity index (χ4v) is 2.67. The van der Waals surface area contributed by atoms with E-state index in [0.717, 1.165) is 5.75 Å². The van der Waals surface area contributed by atoms with Crippen molar-refractivity contribution in [2.45, 2.75) is 52.2 Å². The van der Waals surface area contributed by atoms with Crippen LogP contribution >= 0.6 is 11.6 Å². The van der Waals surface area contributed by atoms with Crippen LogP contribution in [0, 0.1) is 0 Å². The molecular formula is C18H29ClO5S. The maximum Gasteiger partial charge on any atom is 0.304 e. The minimum Gasteiger partial charge on any atom is -0.491 e. The van der Waals surface area contributed by atoms with E-state index in [2.05, 4.69) is 32.9 Å². The first-order valence-electron chi connectivity index (χ1n) is 8.35. The highest BCUT2D eigenvalue weighted by molar-refractivity contribution is 7.75. The number of alkyl halides is 1. The lowest BCUT2D eigenvalue weighted by Crippen LogP contribution is -2.25. The van der Waals surface area contributed by atoms with Crippen LogP contribution in [0.15, 0.2) is 24.3 Å². The van der Waals surface area contributed by atoms with E-state index in [-0.39, 0.29) is 30.1 Å². The van der Waals surface area contributed by atoms with Gasteiger partial charge >= 0.3 is 11.4 Å². The summed E-state index contributed by atoms with van der Waals surface area (Å²) in [5, 5.41) is 0. The molecule has 1 rings (SSSR count). The van der Waals surface area contributed by atoms with Crippen molar-refractivity contribution in [3.63, 3.8) is 0 Å². The molecule has 0 aliphatic carbocycles. The monoisotopic (exact) mass is 392 g/mol. The van der Waals surface area contributed by atoms with Gasteiger partial charge in [-0.2, -0.15) is 4.21 Å².